The molecule has 0 aromatic rings. The van der Waals surface area contributed by atoms with E-state index in [-0.39, 0.29) is 25.7 Å². The monoisotopic (exact) mass is 1350 g/mol. The molecule has 0 aliphatic rings. The van der Waals surface area contributed by atoms with Crippen LogP contribution in [0.15, 0.2) is 0 Å². The molecule has 0 aliphatic heterocycles. The fourth-order valence-corrected chi connectivity index (χ4v) is 12.6. The number of ether oxygens (including phenoxy) is 4. The summed E-state index contributed by atoms with van der Waals surface area (Å²) in [5.74, 6) is 0.179. The van der Waals surface area contributed by atoms with Gasteiger partial charge in [0.05, 0.1) is 26.4 Å². The third-order valence-electron chi connectivity index (χ3n) is 17.2. The number of rotatable bonds is 71. The van der Waals surface area contributed by atoms with E-state index in [0.29, 0.717) is 31.6 Å². The van der Waals surface area contributed by atoms with Crippen molar-refractivity contribution in [2.24, 2.45) is 17.8 Å². The molecule has 0 bridgehead atoms. The van der Waals surface area contributed by atoms with Gasteiger partial charge in [-0.2, -0.15) is 0 Å². The molecule has 0 aliphatic carbocycles. The van der Waals surface area contributed by atoms with E-state index in [1.807, 2.05) is 0 Å². The van der Waals surface area contributed by atoms with Gasteiger partial charge in [-0.15, -0.1) is 0 Å². The van der Waals surface area contributed by atoms with Crippen molar-refractivity contribution in [1.82, 2.24) is 0 Å². The summed E-state index contributed by atoms with van der Waals surface area (Å²) in [5.41, 5.74) is 0. The number of phosphoric acid groups is 2. The van der Waals surface area contributed by atoms with Crippen LogP contribution < -0.4 is 0 Å². The Kier molecular flexibility index (Phi) is 62.4. The van der Waals surface area contributed by atoms with Gasteiger partial charge in [-0.05, 0) is 43.4 Å². The standard InChI is InChI=1S/C73H142O17P2/c1-8-10-11-12-13-25-32-40-47-54-70(75)83-61-69(90-73(78)57-50-43-36-35-38-45-52-65(5)6)63-88-92(81,82)86-59-67(74)58-85-91(79,80)87-62-68(60-84-71(76)55-48-41-33-28-23-20-16-17-21-26-30-37-44-51-64(3)4)89-72(77)56-49-42-34-29-24-19-15-14-18-22-27-31-39-46-53-66(7)9-2/h64-69,74H,8-63H2,1-7H3,(H,79,80)(H,81,82)/t66?,67-,68-,69-/m1/s1. The first-order valence-electron chi connectivity index (χ1n) is 37.9. The predicted octanol–water partition coefficient (Wildman–Crippen LogP) is 21.0. The van der Waals surface area contributed by atoms with Crippen LogP contribution in [-0.2, 0) is 65.4 Å². The summed E-state index contributed by atoms with van der Waals surface area (Å²) >= 11 is 0. The van der Waals surface area contributed by atoms with E-state index in [0.717, 1.165) is 102 Å². The fraction of sp³-hybridized carbons (Fsp3) is 0.945. The molecule has 92 heavy (non-hydrogen) atoms. The second-order valence-corrected chi connectivity index (χ2v) is 30.4. The Bertz CT molecular complexity index is 1800. The van der Waals surface area contributed by atoms with Gasteiger partial charge in [-0.3, -0.25) is 37.3 Å². The van der Waals surface area contributed by atoms with Crippen molar-refractivity contribution in [2.45, 2.75) is 388 Å². The van der Waals surface area contributed by atoms with Gasteiger partial charge in [-0.25, -0.2) is 9.13 Å². The van der Waals surface area contributed by atoms with Crippen LogP contribution in [0.2, 0.25) is 0 Å². The highest BCUT2D eigenvalue weighted by molar-refractivity contribution is 7.47. The predicted molar refractivity (Wildman–Crippen MR) is 372 cm³/mol. The molecule has 3 unspecified atom stereocenters. The topological polar surface area (TPSA) is 237 Å². The van der Waals surface area contributed by atoms with Crippen LogP contribution >= 0.6 is 15.6 Å². The van der Waals surface area contributed by atoms with E-state index < -0.39 is 97.5 Å². The van der Waals surface area contributed by atoms with Crippen molar-refractivity contribution < 1.29 is 80.2 Å². The van der Waals surface area contributed by atoms with E-state index in [2.05, 4.69) is 48.5 Å². The molecule has 0 aromatic carbocycles. The highest BCUT2D eigenvalue weighted by Crippen LogP contribution is 2.45. The van der Waals surface area contributed by atoms with Gasteiger partial charge in [0.25, 0.3) is 0 Å². The number of aliphatic hydroxyl groups excluding tert-OH is 1. The molecular formula is C73H142O17P2. The van der Waals surface area contributed by atoms with Gasteiger partial charge in [0.2, 0.25) is 0 Å². The van der Waals surface area contributed by atoms with Crippen LogP contribution in [0.4, 0.5) is 0 Å². The molecule has 546 valence electrons. The van der Waals surface area contributed by atoms with Crippen LogP contribution in [0, 0.1) is 17.8 Å². The molecule has 0 radical (unpaired) electrons. The SMILES string of the molecule is CCCCCCCCCCCC(=O)OC[C@H](COP(=O)(O)OC[C@H](O)COP(=O)(O)OC[C@@H](COC(=O)CCCCCCCCCCCCCCCC(C)C)OC(=O)CCCCCCCCCCCCCCCCC(C)CC)OC(=O)CCCCCCCCC(C)C. The summed E-state index contributed by atoms with van der Waals surface area (Å²) in [4.78, 5) is 72.6. The summed E-state index contributed by atoms with van der Waals surface area (Å²) in [6, 6.07) is 0. The number of hydrogen-bond acceptors (Lipinski definition) is 15. The van der Waals surface area contributed by atoms with Crippen LogP contribution in [-0.4, -0.2) is 96.7 Å². The van der Waals surface area contributed by atoms with E-state index in [1.165, 1.54) is 180 Å². The van der Waals surface area contributed by atoms with Crippen molar-refractivity contribution in [2.75, 3.05) is 39.6 Å². The number of carbonyl (C=O) groups excluding carboxylic acids is 4. The largest absolute Gasteiger partial charge is 0.472 e. The Labute approximate surface area is 562 Å². The number of esters is 4. The lowest BCUT2D eigenvalue weighted by Gasteiger charge is -2.21. The Morgan fingerprint density at radius 3 is 0.826 bits per heavy atom. The van der Waals surface area contributed by atoms with Gasteiger partial charge in [0.15, 0.2) is 12.2 Å². The van der Waals surface area contributed by atoms with Gasteiger partial charge < -0.3 is 33.8 Å². The van der Waals surface area contributed by atoms with Gasteiger partial charge in [0, 0.05) is 25.7 Å². The van der Waals surface area contributed by atoms with E-state index in [4.69, 9.17) is 37.0 Å². The van der Waals surface area contributed by atoms with E-state index in [9.17, 15) is 43.2 Å². The molecule has 6 atom stereocenters. The minimum atomic E-state index is -4.96. The summed E-state index contributed by atoms with van der Waals surface area (Å²) in [7, 11) is -9.90. The molecule has 0 saturated heterocycles. The summed E-state index contributed by atoms with van der Waals surface area (Å²) in [6.45, 7) is 11.8. The van der Waals surface area contributed by atoms with E-state index in [1.54, 1.807) is 0 Å². The number of hydrogen-bond donors (Lipinski definition) is 3. The Hall–Kier alpha value is -1.94. The third kappa shape index (κ3) is 65.4. The smallest absolute Gasteiger partial charge is 0.462 e. The zero-order chi connectivity index (χ0) is 68.0. The lowest BCUT2D eigenvalue weighted by molar-refractivity contribution is -0.161. The molecule has 3 N–H and O–H groups in total. The summed E-state index contributed by atoms with van der Waals surface area (Å²) < 4.78 is 68.3. The van der Waals surface area contributed by atoms with Crippen LogP contribution in [0.3, 0.4) is 0 Å². The molecule has 0 fully saturated rings. The molecule has 0 rings (SSSR count). The second kappa shape index (κ2) is 63.8. The highest BCUT2D eigenvalue weighted by Gasteiger charge is 2.30. The molecule has 0 heterocycles. The zero-order valence-corrected chi connectivity index (χ0v) is 61.8. The van der Waals surface area contributed by atoms with Gasteiger partial charge in [0.1, 0.15) is 19.3 Å². The Balaban J connectivity index is 5.21. The number of carbonyl (C=O) groups is 4. The second-order valence-electron chi connectivity index (χ2n) is 27.5. The maximum atomic E-state index is 13.1. The lowest BCUT2D eigenvalue weighted by Crippen LogP contribution is -2.30. The van der Waals surface area contributed by atoms with Crippen molar-refractivity contribution in [3.8, 4) is 0 Å². The molecular weight excluding hydrogens is 1210 g/mol. The van der Waals surface area contributed by atoms with Crippen molar-refractivity contribution in [3.63, 3.8) is 0 Å². The molecule has 0 amide bonds. The van der Waals surface area contributed by atoms with Crippen molar-refractivity contribution in [1.29, 1.82) is 0 Å². The molecule has 0 aromatic heterocycles. The van der Waals surface area contributed by atoms with Crippen LogP contribution in [0.5, 0.6) is 0 Å². The normalized spacial score (nSPS) is 14.4. The Morgan fingerprint density at radius 1 is 0.315 bits per heavy atom. The third-order valence-corrected chi connectivity index (χ3v) is 19.1. The first-order chi connectivity index (χ1) is 44.3. The quantitative estimate of drug-likeness (QED) is 0.0222. The number of aliphatic hydroxyl groups is 1. The first-order valence-corrected chi connectivity index (χ1v) is 40.9. The molecule has 19 heteroatoms. The minimum absolute atomic E-state index is 0.102. The minimum Gasteiger partial charge on any atom is -0.462 e. The van der Waals surface area contributed by atoms with Crippen LogP contribution in [0.25, 0.3) is 0 Å². The number of unbranched alkanes of at least 4 members (excludes halogenated alkanes) is 38. The average Bonchev–Trinajstić information content (AvgIpc) is 1.47. The maximum Gasteiger partial charge on any atom is 0.472 e. The summed E-state index contributed by atoms with van der Waals surface area (Å²) in [6.07, 6.45) is 48.7. The number of phosphoric ester groups is 2. The van der Waals surface area contributed by atoms with E-state index >= 15 is 0 Å². The fourth-order valence-electron chi connectivity index (χ4n) is 11.0. The van der Waals surface area contributed by atoms with Crippen molar-refractivity contribution in [3.05, 3.63) is 0 Å². The zero-order valence-electron chi connectivity index (χ0n) is 60.0. The molecule has 17 nitrogen and oxygen atoms in total. The first kappa shape index (κ1) is 90.1. The maximum absolute atomic E-state index is 13.1. The lowest BCUT2D eigenvalue weighted by atomic mass is 9.99. The average molecular weight is 1350 g/mol. The van der Waals surface area contributed by atoms with Gasteiger partial charge in [-0.1, -0.05) is 318 Å². The molecule has 0 saturated carbocycles. The van der Waals surface area contributed by atoms with Crippen molar-refractivity contribution >= 4 is 39.5 Å². The summed E-state index contributed by atoms with van der Waals surface area (Å²) in [5, 5.41) is 10.6. The Morgan fingerprint density at radius 2 is 0.554 bits per heavy atom. The van der Waals surface area contributed by atoms with Crippen LogP contribution in [0.1, 0.15) is 370 Å². The highest BCUT2D eigenvalue weighted by atomic mass is 31.2. The van der Waals surface area contributed by atoms with Gasteiger partial charge >= 0.3 is 39.5 Å². The molecule has 0 spiro atoms.